The lowest BCUT2D eigenvalue weighted by molar-refractivity contribution is -0.116. The third kappa shape index (κ3) is 4.81. The Morgan fingerprint density at radius 3 is 2.20 bits per heavy atom. The lowest BCUT2D eigenvalue weighted by Gasteiger charge is -2.27. The van der Waals surface area contributed by atoms with Crippen molar-refractivity contribution < 1.29 is 18.0 Å². The summed E-state index contributed by atoms with van der Waals surface area (Å²) in [6.45, 7) is 5.99. The molecule has 1 aliphatic rings. The van der Waals surface area contributed by atoms with Gasteiger partial charge >= 0.3 is 6.03 Å². The number of carbonyl (C=O) groups is 2. The first-order valence-electron chi connectivity index (χ1n) is 9.94. The Bertz CT molecular complexity index is 1040. The second kappa shape index (κ2) is 8.87. The summed E-state index contributed by atoms with van der Waals surface area (Å²) >= 11 is 0. The lowest BCUT2D eigenvalue weighted by atomic mass is 10.1. The van der Waals surface area contributed by atoms with Crippen molar-refractivity contribution in [1.82, 2.24) is 9.21 Å². The van der Waals surface area contributed by atoms with E-state index in [0.29, 0.717) is 23.1 Å². The van der Waals surface area contributed by atoms with Crippen LogP contribution in [0.3, 0.4) is 0 Å². The summed E-state index contributed by atoms with van der Waals surface area (Å²) in [6.07, 6.45) is 1.64. The number of aryl methyl sites for hydroxylation is 3. The normalized spacial score (nSPS) is 13.9. The van der Waals surface area contributed by atoms with E-state index in [2.05, 4.69) is 5.32 Å². The largest absolute Gasteiger partial charge is 0.334 e. The number of amides is 3. The van der Waals surface area contributed by atoms with Crippen LogP contribution in [0.2, 0.25) is 0 Å². The van der Waals surface area contributed by atoms with E-state index in [-0.39, 0.29) is 4.90 Å². The number of hydrogen-bond donors (Lipinski definition) is 1. The van der Waals surface area contributed by atoms with Gasteiger partial charge in [-0.3, -0.25) is 4.79 Å². The molecule has 8 heteroatoms. The van der Waals surface area contributed by atoms with Crippen molar-refractivity contribution in [3.63, 3.8) is 0 Å². The number of likely N-dealkylation sites (tertiary alicyclic amines) is 1. The van der Waals surface area contributed by atoms with Gasteiger partial charge < -0.3 is 10.2 Å². The van der Waals surface area contributed by atoms with E-state index in [1.807, 2.05) is 39.0 Å². The highest BCUT2D eigenvalue weighted by Gasteiger charge is 2.35. The highest BCUT2D eigenvalue weighted by Crippen LogP contribution is 2.21. The molecule has 0 aromatic heterocycles. The van der Waals surface area contributed by atoms with Crippen molar-refractivity contribution in [2.24, 2.45) is 0 Å². The molecule has 3 amide bonds. The predicted molar refractivity (Wildman–Crippen MR) is 116 cm³/mol. The Labute approximate surface area is 177 Å². The van der Waals surface area contributed by atoms with Gasteiger partial charge in [-0.25, -0.2) is 17.5 Å². The molecule has 0 bridgehead atoms. The Balaban J connectivity index is 1.89. The fourth-order valence-corrected chi connectivity index (χ4v) is 4.69. The zero-order valence-electron chi connectivity index (χ0n) is 17.5. The molecule has 1 aliphatic heterocycles. The van der Waals surface area contributed by atoms with Gasteiger partial charge in [0, 0.05) is 18.8 Å². The van der Waals surface area contributed by atoms with Crippen molar-refractivity contribution in [3.8, 4) is 0 Å². The van der Waals surface area contributed by atoms with Gasteiger partial charge in [0.15, 0.2) is 0 Å². The minimum absolute atomic E-state index is 0.0137. The first kappa shape index (κ1) is 21.8. The Hall–Kier alpha value is -2.87. The Morgan fingerprint density at radius 1 is 0.967 bits per heavy atom. The monoisotopic (exact) mass is 429 g/mol. The molecule has 7 nitrogen and oxygen atoms in total. The maximum absolute atomic E-state index is 13.2. The quantitative estimate of drug-likeness (QED) is 0.789. The highest BCUT2D eigenvalue weighted by atomic mass is 32.2. The zero-order valence-corrected chi connectivity index (χ0v) is 18.3. The third-order valence-corrected chi connectivity index (χ3v) is 6.89. The van der Waals surface area contributed by atoms with Crippen LogP contribution in [0.5, 0.6) is 0 Å². The van der Waals surface area contributed by atoms with Crippen molar-refractivity contribution in [1.29, 1.82) is 0 Å². The van der Waals surface area contributed by atoms with Crippen molar-refractivity contribution >= 4 is 27.6 Å². The number of rotatable bonds is 5. The van der Waals surface area contributed by atoms with Crippen molar-refractivity contribution in [2.45, 2.75) is 38.5 Å². The van der Waals surface area contributed by atoms with Gasteiger partial charge in [-0.05, 0) is 62.9 Å². The summed E-state index contributed by atoms with van der Waals surface area (Å²) in [5.74, 6) is -0.563. The maximum Gasteiger partial charge on any atom is 0.334 e. The summed E-state index contributed by atoms with van der Waals surface area (Å²) < 4.78 is 27.2. The first-order chi connectivity index (χ1) is 14.2. The van der Waals surface area contributed by atoms with E-state index >= 15 is 0 Å². The molecule has 1 fully saturated rings. The summed E-state index contributed by atoms with van der Waals surface area (Å²) in [4.78, 5) is 27.3. The molecule has 0 radical (unpaired) electrons. The number of anilines is 1. The third-order valence-electron chi connectivity index (χ3n) is 5.15. The number of nitrogens with one attached hydrogen (secondary N) is 1. The molecule has 2 aromatic carbocycles. The van der Waals surface area contributed by atoms with Crippen LogP contribution in [0.25, 0.3) is 0 Å². The lowest BCUT2D eigenvalue weighted by Crippen LogP contribution is -2.48. The summed E-state index contributed by atoms with van der Waals surface area (Å²) in [5, 5.41) is 2.74. The Kier molecular flexibility index (Phi) is 6.45. The molecule has 0 saturated carbocycles. The maximum atomic E-state index is 13.2. The minimum Gasteiger partial charge on any atom is -0.324 e. The molecule has 1 saturated heterocycles. The zero-order chi connectivity index (χ0) is 21.9. The van der Waals surface area contributed by atoms with Gasteiger partial charge in [-0.15, -0.1) is 0 Å². The van der Waals surface area contributed by atoms with Crippen molar-refractivity contribution in [2.75, 3.05) is 25.0 Å². The number of sulfonamides is 1. The van der Waals surface area contributed by atoms with Crippen LogP contribution in [0.1, 0.15) is 29.5 Å². The van der Waals surface area contributed by atoms with Crippen molar-refractivity contribution in [3.05, 3.63) is 59.2 Å². The number of nitrogens with zero attached hydrogens (tertiary/aromatic N) is 2. The number of hydrogen-bond acceptors (Lipinski definition) is 4. The SMILES string of the molecule is Cc1ccc(S(=O)(=O)N(CC(=O)Nc2cc(C)ccc2C)C(=O)N2CCCC2)cc1. The van der Waals surface area contributed by atoms with Gasteiger partial charge in [0.2, 0.25) is 5.91 Å². The van der Waals surface area contributed by atoms with E-state index in [9.17, 15) is 18.0 Å². The van der Waals surface area contributed by atoms with Crippen LogP contribution in [-0.2, 0) is 14.8 Å². The standard InChI is InChI=1S/C22H27N3O4S/c1-16-7-10-19(11-8-16)30(28,29)25(22(27)24-12-4-5-13-24)15-21(26)23-20-14-17(2)6-9-18(20)3/h6-11,14H,4-5,12-13,15H2,1-3H3,(H,23,26). The second-order valence-electron chi connectivity index (χ2n) is 7.67. The molecular formula is C22H27N3O4S. The molecule has 30 heavy (non-hydrogen) atoms. The van der Waals surface area contributed by atoms with Crippen LogP contribution < -0.4 is 5.32 Å². The van der Waals surface area contributed by atoms with Crippen LogP contribution >= 0.6 is 0 Å². The molecule has 1 heterocycles. The Morgan fingerprint density at radius 2 is 1.57 bits per heavy atom. The predicted octanol–water partition coefficient (Wildman–Crippen LogP) is 3.46. The summed E-state index contributed by atoms with van der Waals surface area (Å²) in [5.41, 5.74) is 3.32. The molecule has 0 spiro atoms. The van der Waals surface area contributed by atoms with Gasteiger partial charge in [0.25, 0.3) is 10.0 Å². The number of urea groups is 1. The van der Waals surface area contributed by atoms with Gasteiger partial charge in [-0.2, -0.15) is 0 Å². The molecule has 0 unspecified atom stereocenters. The van der Waals surface area contributed by atoms with Crippen LogP contribution in [0, 0.1) is 20.8 Å². The van der Waals surface area contributed by atoms with Crippen LogP contribution in [0.4, 0.5) is 10.5 Å². The topological polar surface area (TPSA) is 86.8 Å². The average Bonchev–Trinajstić information content (AvgIpc) is 3.23. The molecular weight excluding hydrogens is 402 g/mol. The van der Waals surface area contributed by atoms with E-state index < -0.39 is 28.5 Å². The highest BCUT2D eigenvalue weighted by molar-refractivity contribution is 7.89. The smallest absolute Gasteiger partial charge is 0.324 e. The molecule has 0 atom stereocenters. The fourth-order valence-electron chi connectivity index (χ4n) is 3.35. The summed E-state index contributed by atoms with van der Waals surface area (Å²) in [7, 11) is -4.18. The second-order valence-corrected chi connectivity index (χ2v) is 9.53. The summed E-state index contributed by atoms with van der Waals surface area (Å²) in [6, 6.07) is 11.2. The number of benzene rings is 2. The minimum atomic E-state index is -4.18. The molecule has 2 aromatic rings. The van der Waals surface area contributed by atoms with Crippen LogP contribution in [-0.4, -0.2) is 49.2 Å². The average molecular weight is 430 g/mol. The fraction of sp³-hybridized carbons (Fsp3) is 0.364. The molecule has 1 N–H and O–H groups in total. The van der Waals surface area contributed by atoms with Crippen LogP contribution in [0.15, 0.2) is 47.4 Å². The van der Waals surface area contributed by atoms with Gasteiger partial charge in [0.1, 0.15) is 6.54 Å². The first-order valence-corrected chi connectivity index (χ1v) is 11.4. The van der Waals surface area contributed by atoms with E-state index in [4.69, 9.17) is 0 Å². The van der Waals surface area contributed by atoms with E-state index in [1.165, 1.54) is 17.0 Å². The van der Waals surface area contributed by atoms with E-state index in [0.717, 1.165) is 29.5 Å². The van der Waals surface area contributed by atoms with Gasteiger partial charge in [0.05, 0.1) is 4.90 Å². The molecule has 160 valence electrons. The molecule has 0 aliphatic carbocycles. The van der Waals surface area contributed by atoms with E-state index in [1.54, 1.807) is 12.1 Å². The number of carbonyl (C=O) groups excluding carboxylic acids is 2. The van der Waals surface area contributed by atoms with Gasteiger partial charge in [-0.1, -0.05) is 29.8 Å². The molecule has 3 rings (SSSR count).